The molecule has 0 unspecified atom stereocenters. The average Bonchev–Trinajstić information content (AvgIpc) is 2.70. The lowest BCUT2D eigenvalue weighted by atomic mass is 9.98. The van der Waals surface area contributed by atoms with Gasteiger partial charge >= 0.3 is 0 Å². The first-order valence-electron chi connectivity index (χ1n) is 9.08. The number of hydrogen-bond donors (Lipinski definition) is 2. The number of aliphatic imine (C=N–C) groups is 1. The standard InChI is InChI=1S/C21H27N3O2/c1-22-21(23-11-13-25-2)24-15-16-5-7-17(8-6-16)18-9-10-20-19(14-18)4-3-12-26-20/h5-10,14H,3-4,11-13,15H2,1-2H3,(H2,22,23,24). The number of hydrogen-bond acceptors (Lipinski definition) is 3. The van der Waals surface area contributed by atoms with Crippen LogP contribution in [0.2, 0.25) is 0 Å². The van der Waals surface area contributed by atoms with Crippen molar-refractivity contribution >= 4 is 5.96 Å². The Morgan fingerprint density at radius 2 is 1.92 bits per heavy atom. The van der Waals surface area contributed by atoms with Gasteiger partial charge in [-0.25, -0.2) is 0 Å². The highest BCUT2D eigenvalue weighted by atomic mass is 16.5. The van der Waals surface area contributed by atoms with Crippen LogP contribution >= 0.6 is 0 Å². The van der Waals surface area contributed by atoms with Crippen LogP contribution in [-0.2, 0) is 17.7 Å². The lowest BCUT2D eigenvalue weighted by Crippen LogP contribution is -2.38. The summed E-state index contributed by atoms with van der Waals surface area (Å²) >= 11 is 0. The Balaban J connectivity index is 1.60. The van der Waals surface area contributed by atoms with E-state index in [-0.39, 0.29) is 0 Å². The van der Waals surface area contributed by atoms with Crippen LogP contribution in [0.5, 0.6) is 5.75 Å². The average molecular weight is 353 g/mol. The van der Waals surface area contributed by atoms with Gasteiger partial charge in [-0.1, -0.05) is 30.3 Å². The van der Waals surface area contributed by atoms with Crippen LogP contribution in [0.25, 0.3) is 11.1 Å². The van der Waals surface area contributed by atoms with E-state index in [0.29, 0.717) is 6.61 Å². The molecule has 0 radical (unpaired) electrons. The van der Waals surface area contributed by atoms with E-state index in [0.717, 1.165) is 44.2 Å². The zero-order valence-corrected chi connectivity index (χ0v) is 15.5. The number of benzene rings is 2. The Bertz CT molecular complexity index is 741. The van der Waals surface area contributed by atoms with E-state index < -0.39 is 0 Å². The van der Waals surface area contributed by atoms with E-state index in [4.69, 9.17) is 9.47 Å². The summed E-state index contributed by atoms with van der Waals surface area (Å²) in [5.41, 5.74) is 4.99. The smallest absolute Gasteiger partial charge is 0.191 e. The zero-order chi connectivity index (χ0) is 18.2. The number of nitrogens with zero attached hydrogens (tertiary/aromatic N) is 1. The quantitative estimate of drug-likeness (QED) is 0.476. The van der Waals surface area contributed by atoms with Gasteiger partial charge in [-0.05, 0) is 47.2 Å². The lowest BCUT2D eigenvalue weighted by Gasteiger charge is -2.18. The van der Waals surface area contributed by atoms with Crippen LogP contribution in [0.15, 0.2) is 47.5 Å². The van der Waals surface area contributed by atoms with Gasteiger partial charge in [-0.2, -0.15) is 0 Å². The SMILES string of the molecule is CN=C(NCCOC)NCc1ccc(-c2ccc3c(c2)CCCO3)cc1. The highest BCUT2D eigenvalue weighted by Crippen LogP contribution is 2.30. The summed E-state index contributed by atoms with van der Waals surface area (Å²) in [6.07, 6.45) is 2.20. The van der Waals surface area contributed by atoms with Crippen molar-refractivity contribution in [3.05, 3.63) is 53.6 Å². The summed E-state index contributed by atoms with van der Waals surface area (Å²) < 4.78 is 10.7. The van der Waals surface area contributed by atoms with Crippen LogP contribution in [0.3, 0.4) is 0 Å². The summed E-state index contributed by atoms with van der Waals surface area (Å²) in [7, 11) is 3.46. The first kappa shape index (κ1) is 18.3. The zero-order valence-electron chi connectivity index (χ0n) is 15.5. The molecule has 2 N–H and O–H groups in total. The van der Waals surface area contributed by atoms with Gasteiger partial charge in [0.05, 0.1) is 13.2 Å². The Morgan fingerprint density at radius 1 is 1.12 bits per heavy atom. The van der Waals surface area contributed by atoms with E-state index in [1.165, 1.54) is 22.3 Å². The number of guanidine groups is 1. The monoisotopic (exact) mass is 353 g/mol. The molecule has 0 saturated heterocycles. The third-order valence-electron chi connectivity index (χ3n) is 4.48. The fourth-order valence-electron chi connectivity index (χ4n) is 3.03. The summed E-state index contributed by atoms with van der Waals surface area (Å²) in [6, 6.07) is 15.1. The van der Waals surface area contributed by atoms with Crippen molar-refractivity contribution in [3.8, 4) is 16.9 Å². The number of fused-ring (bicyclic) bond motifs is 1. The minimum atomic E-state index is 0.654. The van der Waals surface area contributed by atoms with Gasteiger partial charge in [0.15, 0.2) is 5.96 Å². The second kappa shape index (κ2) is 9.25. The molecular formula is C21H27N3O2. The Morgan fingerprint density at radius 3 is 2.69 bits per heavy atom. The second-order valence-corrected chi connectivity index (χ2v) is 6.32. The van der Waals surface area contributed by atoms with Gasteiger partial charge in [-0.15, -0.1) is 0 Å². The van der Waals surface area contributed by atoms with Crippen molar-refractivity contribution in [2.24, 2.45) is 4.99 Å². The topological polar surface area (TPSA) is 54.9 Å². The molecule has 1 heterocycles. The molecule has 0 fully saturated rings. The first-order chi connectivity index (χ1) is 12.8. The van der Waals surface area contributed by atoms with Crippen molar-refractivity contribution in [2.75, 3.05) is 33.9 Å². The molecule has 1 aliphatic rings. The van der Waals surface area contributed by atoms with Gasteiger partial charge < -0.3 is 20.1 Å². The summed E-state index contributed by atoms with van der Waals surface area (Å²) in [5.74, 6) is 1.81. The molecule has 0 atom stereocenters. The van der Waals surface area contributed by atoms with Crippen LogP contribution in [0.1, 0.15) is 17.5 Å². The number of ether oxygens (including phenoxy) is 2. The molecule has 5 nitrogen and oxygen atoms in total. The van der Waals surface area contributed by atoms with E-state index in [1.54, 1.807) is 14.2 Å². The van der Waals surface area contributed by atoms with E-state index in [2.05, 4.69) is 58.1 Å². The second-order valence-electron chi connectivity index (χ2n) is 6.32. The van der Waals surface area contributed by atoms with Crippen molar-refractivity contribution in [3.63, 3.8) is 0 Å². The number of aryl methyl sites for hydroxylation is 1. The van der Waals surface area contributed by atoms with Crippen molar-refractivity contribution in [2.45, 2.75) is 19.4 Å². The molecule has 0 aromatic heterocycles. The summed E-state index contributed by atoms with van der Waals surface area (Å²) in [5, 5.41) is 6.52. The molecular weight excluding hydrogens is 326 g/mol. The molecule has 2 aromatic rings. The Hall–Kier alpha value is -2.53. The molecule has 0 spiro atoms. The highest BCUT2D eigenvalue weighted by Gasteiger charge is 2.11. The predicted octanol–water partition coefficient (Wildman–Crippen LogP) is 2.99. The fourth-order valence-corrected chi connectivity index (χ4v) is 3.03. The molecule has 5 heteroatoms. The first-order valence-corrected chi connectivity index (χ1v) is 9.08. The lowest BCUT2D eigenvalue weighted by molar-refractivity contribution is 0.203. The summed E-state index contributed by atoms with van der Waals surface area (Å²) in [4.78, 5) is 4.21. The maximum absolute atomic E-state index is 5.70. The summed E-state index contributed by atoms with van der Waals surface area (Å²) in [6.45, 7) is 2.95. The molecule has 3 rings (SSSR count). The number of nitrogens with one attached hydrogen (secondary N) is 2. The maximum Gasteiger partial charge on any atom is 0.191 e. The van der Waals surface area contributed by atoms with E-state index in [1.807, 2.05) is 0 Å². The Kier molecular flexibility index (Phi) is 6.50. The van der Waals surface area contributed by atoms with Gasteiger partial charge in [0.2, 0.25) is 0 Å². The van der Waals surface area contributed by atoms with Gasteiger partial charge in [0, 0.05) is 27.2 Å². The molecule has 138 valence electrons. The molecule has 2 aromatic carbocycles. The molecule has 0 bridgehead atoms. The van der Waals surface area contributed by atoms with Crippen LogP contribution < -0.4 is 15.4 Å². The Labute approximate surface area is 155 Å². The molecule has 0 amide bonds. The fraction of sp³-hybridized carbons (Fsp3) is 0.381. The van der Waals surface area contributed by atoms with Crippen LogP contribution in [0, 0.1) is 0 Å². The molecule has 1 aliphatic heterocycles. The van der Waals surface area contributed by atoms with Crippen LogP contribution in [-0.4, -0.2) is 39.9 Å². The third kappa shape index (κ3) is 4.76. The molecule has 26 heavy (non-hydrogen) atoms. The van der Waals surface area contributed by atoms with Crippen molar-refractivity contribution < 1.29 is 9.47 Å². The number of rotatable bonds is 6. The van der Waals surface area contributed by atoms with Gasteiger partial charge in [0.1, 0.15) is 5.75 Å². The molecule has 0 saturated carbocycles. The van der Waals surface area contributed by atoms with E-state index in [9.17, 15) is 0 Å². The van der Waals surface area contributed by atoms with Crippen molar-refractivity contribution in [1.82, 2.24) is 10.6 Å². The van der Waals surface area contributed by atoms with Gasteiger partial charge in [-0.3, -0.25) is 4.99 Å². The predicted molar refractivity (Wildman–Crippen MR) is 106 cm³/mol. The minimum absolute atomic E-state index is 0.654. The van der Waals surface area contributed by atoms with Crippen LogP contribution in [0.4, 0.5) is 0 Å². The highest BCUT2D eigenvalue weighted by molar-refractivity contribution is 5.79. The maximum atomic E-state index is 5.70. The third-order valence-corrected chi connectivity index (χ3v) is 4.48. The molecule has 0 aliphatic carbocycles. The largest absolute Gasteiger partial charge is 0.493 e. The van der Waals surface area contributed by atoms with E-state index >= 15 is 0 Å². The van der Waals surface area contributed by atoms with Gasteiger partial charge in [0.25, 0.3) is 0 Å². The normalized spacial score (nSPS) is 13.7. The number of methoxy groups -OCH3 is 1. The van der Waals surface area contributed by atoms with Crippen molar-refractivity contribution in [1.29, 1.82) is 0 Å². The minimum Gasteiger partial charge on any atom is -0.493 e.